The summed E-state index contributed by atoms with van der Waals surface area (Å²) < 4.78 is 36.2. The van der Waals surface area contributed by atoms with Gasteiger partial charge in [0.2, 0.25) is 5.17 Å². The molecular weight excluding hydrogens is 311 g/mol. The third-order valence-corrected chi connectivity index (χ3v) is 4.27. The number of amidine groups is 1. The van der Waals surface area contributed by atoms with E-state index in [1.54, 1.807) is 24.3 Å². The number of hydrogen-bond acceptors (Lipinski definition) is 6. The molecule has 4 nitrogen and oxygen atoms in total. The number of nitrogens with one attached hydrogen (secondary N) is 1. The molecule has 110 valence electrons. The number of halogens is 3. The van der Waals surface area contributed by atoms with Gasteiger partial charge in [-0.1, -0.05) is 11.8 Å². The van der Waals surface area contributed by atoms with E-state index in [9.17, 15) is 18.4 Å². The van der Waals surface area contributed by atoms with Gasteiger partial charge in [-0.05, 0) is 24.3 Å². The Hall–Kier alpha value is -1.06. The van der Waals surface area contributed by atoms with Gasteiger partial charge in [0.1, 0.15) is 0 Å². The number of aliphatic imine (C=N–C) groups is 1. The first-order chi connectivity index (χ1) is 9.44. The Balaban J connectivity index is 1.88. The fourth-order valence-corrected chi connectivity index (χ4v) is 2.79. The van der Waals surface area contributed by atoms with Crippen LogP contribution in [0.4, 0.5) is 18.9 Å². The number of nitrogens with zero attached hydrogens (tertiary/aromatic N) is 2. The molecule has 0 saturated heterocycles. The quantitative estimate of drug-likeness (QED) is 0.656. The summed E-state index contributed by atoms with van der Waals surface area (Å²) in [5.41, 5.74) is 3.26. The number of anilines is 1. The van der Waals surface area contributed by atoms with E-state index in [0.29, 0.717) is 22.3 Å². The lowest BCUT2D eigenvalue weighted by molar-refractivity contribution is -0.105. The number of hydroxylamine groups is 1. The Morgan fingerprint density at radius 3 is 2.60 bits per heavy atom. The van der Waals surface area contributed by atoms with E-state index in [1.165, 1.54) is 11.8 Å². The van der Waals surface area contributed by atoms with Gasteiger partial charge in [0.15, 0.2) is 0 Å². The predicted molar refractivity (Wildman–Crippen MR) is 75.2 cm³/mol. The van der Waals surface area contributed by atoms with Crippen molar-refractivity contribution >= 4 is 34.4 Å². The number of benzene rings is 1. The summed E-state index contributed by atoms with van der Waals surface area (Å²) in [5.74, 6) is -0.0968. The van der Waals surface area contributed by atoms with Gasteiger partial charge in [0.25, 0.3) is 0 Å². The molecule has 2 N–H and O–H groups in total. The zero-order valence-corrected chi connectivity index (χ0v) is 11.9. The maximum absolute atomic E-state index is 12.1. The van der Waals surface area contributed by atoms with E-state index >= 15 is 0 Å². The first-order valence-corrected chi connectivity index (χ1v) is 7.64. The van der Waals surface area contributed by atoms with Crippen molar-refractivity contribution in [2.45, 2.75) is 11.1 Å². The average Bonchev–Trinajstić information content (AvgIpc) is 2.91. The molecule has 0 spiro atoms. The highest BCUT2D eigenvalue weighted by Gasteiger charge is 2.27. The second-order valence-corrected chi connectivity index (χ2v) is 5.98. The highest BCUT2D eigenvalue weighted by atomic mass is 32.2. The largest absolute Gasteiger partial charge is 0.398 e. The number of hydrogen-bond donors (Lipinski definition) is 2. The zero-order valence-electron chi connectivity index (χ0n) is 10.2. The highest BCUT2D eigenvalue weighted by molar-refractivity contribution is 8.14. The topological polar surface area (TPSA) is 47.9 Å². The van der Waals surface area contributed by atoms with Gasteiger partial charge < -0.3 is 0 Å². The van der Waals surface area contributed by atoms with Crippen LogP contribution in [0.2, 0.25) is 0 Å². The summed E-state index contributed by atoms with van der Waals surface area (Å²) in [6, 6.07) is 6.33. The third kappa shape index (κ3) is 4.80. The van der Waals surface area contributed by atoms with E-state index < -0.39 is 11.9 Å². The van der Waals surface area contributed by atoms with Gasteiger partial charge >= 0.3 is 6.18 Å². The van der Waals surface area contributed by atoms with Crippen LogP contribution in [0.15, 0.2) is 34.2 Å². The van der Waals surface area contributed by atoms with Crippen molar-refractivity contribution in [2.75, 3.05) is 23.5 Å². The Kier molecular flexibility index (Phi) is 5.06. The van der Waals surface area contributed by atoms with Crippen molar-refractivity contribution in [2.24, 2.45) is 4.99 Å². The molecule has 1 aromatic rings. The summed E-state index contributed by atoms with van der Waals surface area (Å²) in [6.45, 7) is 0.658. The molecule has 0 radical (unpaired) electrons. The predicted octanol–water partition coefficient (Wildman–Crippen LogP) is 3.46. The minimum atomic E-state index is -4.18. The molecule has 0 amide bonds. The lowest BCUT2D eigenvalue weighted by Gasteiger charge is -2.17. The van der Waals surface area contributed by atoms with Crippen LogP contribution in [0, 0.1) is 0 Å². The number of alkyl halides is 3. The van der Waals surface area contributed by atoms with Crippen molar-refractivity contribution < 1.29 is 18.4 Å². The van der Waals surface area contributed by atoms with Crippen molar-refractivity contribution in [3.63, 3.8) is 0 Å². The Bertz CT molecular complexity index is 479. The second-order valence-electron chi connectivity index (χ2n) is 3.86. The maximum atomic E-state index is 12.1. The van der Waals surface area contributed by atoms with Crippen LogP contribution in [0.3, 0.4) is 0 Å². The summed E-state index contributed by atoms with van der Waals surface area (Å²) in [4.78, 5) is 4.59. The van der Waals surface area contributed by atoms with Crippen LogP contribution < -0.4 is 5.43 Å². The molecule has 0 fully saturated rings. The average molecular weight is 323 g/mol. The van der Waals surface area contributed by atoms with E-state index in [2.05, 4.69) is 10.4 Å². The molecule has 0 unspecified atom stereocenters. The fraction of sp³-hybridized carbons (Fsp3) is 0.364. The van der Waals surface area contributed by atoms with E-state index in [4.69, 9.17) is 0 Å². The maximum Gasteiger partial charge on any atom is 0.398 e. The van der Waals surface area contributed by atoms with Crippen LogP contribution in [0.5, 0.6) is 0 Å². The van der Waals surface area contributed by atoms with Gasteiger partial charge in [-0.3, -0.25) is 15.6 Å². The molecule has 0 atom stereocenters. The first-order valence-electron chi connectivity index (χ1n) is 5.66. The lowest BCUT2D eigenvalue weighted by Crippen LogP contribution is -2.29. The van der Waals surface area contributed by atoms with Crippen molar-refractivity contribution in [1.82, 2.24) is 5.17 Å². The summed E-state index contributed by atoms with van der Waals surface area (Å²) >= 11 is 2.14. The van der Waals surface area contributed by atoms with Gasteiger partial charge in [-0.15, -0.1) is 16.9 Å². The molecule has 1 aliphatic heterocycles. The Labute approximate surface area is 122 Å². The number of thioether (sulfide) groups is 2. The van der Waals surface area contributed by atoms with Crippen LogP contribution in [-0.2, 0) is 0 Å². The van der Waals surface area contributed by atoms with Crippen LogP contribution in [0.25, 0.3) is 0 Å². The van der Waals surface area contributed by atoms with Crippen LogP contribution >= 0.6 is 23.5 Å². The monoisotopic (exact) mass is 323 g/mol. The first kappa shape index (κ1) is 15.3. The van der Waals surface area contributed by atoms with Crippen molar-refractivity contribution in [3.05, 3.63) is 24.3 Å². The lowest BCUT2D eigenvalue weighted by atomic mass is 10.3. The van der Waals surface area contributed by atoms with Crippen LogP contribution in [-0.4, -0.2) is 39.8 Å². The van der Waals surface area contributed by atoms with E-state index in [-0.39, 0.29) is 0 Å². The van der Waals surface area contributed by atoms with Crippen molar-refractivity contribution in [3.8, 4) is 0 Å². The molecule has 1 aliphatic rings. The van der Waals surface area contributed by atoms with Gasteiger partial charge in [-0.2, -0.15) is 13.2 Å². The van der Waals surface area contributed by atoms with Gasteiger partial charge in [0, 0.05) is 10.6 Å². The molecule has 0 saturated carbocycles. The third-order valence-electron chi connectivity index (χ3n) is 2.24. The summed E-state index contributed by atoms with van der Waals surface area (Å²) in [5, 5.41) is 11.0. The zero-order chi connectivity index (χ0) is 14.6. The minimum Gasteiger partial charge on any atom is -0.273 e. The summed E-state index contributed by atoms with van der Waals surface area (Å²) in [6.07, 6.45) is -4.18. The van der Waals surface area contributed by atoms with Gasteiger partial charge in [-0.25, -0.2) is 0 Å². The second kappa shape index (κ2) is 6.59. The Morgan fingerprint density at radius 1 is 1.35 bits per heavy atom. The van der Waals surface area contributed by atoms with Gasteiger partial charge in [0.05, 0.1) is 18.0 Å². The molecule has 0 aliphatic carbocycles. The Morgan fingerprint density at radius 2 is 2.05 bits per heavy atom. The SMILES string of the molecule is ON(Nc1ccc(SCC(F)(F)F)cc1)C1=NCCS1. The molecule has 9 heteroatoms. The highest BCUT2D eigenvalue weighted by Crippen LogP contribution is 2.28. The molecular formula is C11H12F3N3OS2. The minimum absolute atomic E-state index is 0.473. The van der Waals surface area contributed by atoms with Crippen LogP contribution in [0.1, 0.15) is 0 Å². The molecule has 1 aromatic carbocycles. The molecule has 20 heavy (non-hydrogen) atoms. The number of hydrazine groups is 1. The molecule has 2 rings (SSSR count). The normalized spacial score (nSPS) is 15.1. The molecule has 0 aromatic heterocycles. The number of rotatable bonds is 4. The van der Waals surface area contributed by atoms with E-state index in [1.807, 2.05) is 0 Å². The fourth-order valence-electron chi connectivity index (χ4n) is 1.41. The molecule has 0 bridgehead atoms. The van der Waals surface area contributed by atoms with E-state index in [0.717, 1.165) is 22.7 Å². The molecule has 1 heterocycles. The standard InChI is InChI=1S/C11H12F3N3OS2/c12-11(13,14)7-20-9-3-1-8(2-4-9)16-17(18)10-15-5-6-19-10/h1-4,16,18H,5-7H2. The summed E-state index contributed by atoms with van der Waals surface area (Å²) in [7, 11) is 0. The van der Waals surface area contributed by atoms with Crippen molar-refractivity contribution in [1.29, 1.82) is 0 Å². The smallest absolute Gasteiger partial charge is 0.273 e.